The smallest absolute Gasteiger partial charge is 0.0131 e. The van der Waals surface area contributed by atoms with Gasteiger partial charge in [-0.2, -0.15) is 0 Å². The van der Waals surface area contributed by atoms with Gasteiger partial charge in [-0.15, -0.1) is 0 Å². The molecule has 14 heavy (non-hydrogen) atoms. The first kappa shape index (κ1) is 12.0. The number of rotatable bonds is 7. The normalized spacial score (nSPS) is 18.6. The van der Waals surface area contributed by atoms with E-state index in [1.807, 2.05) is 0 Å². The Morgan fingerprint density at radius 1 is 0.929 bits per heavy atom. The van der Waals surface area contributed by atoms with Gasteiger partial charge in [-0.3, -0.25) is 5.43 Å². The van der Waals surface area contributed by atoms with Crippen LogP contribution in [0.25, 0.3) is 0 Å². The lowest BCUT2D eigenvalue weighted by molar-refractivity contribution is 0.153. The Bertz CT molecular complexity index is 119. The molecule has 1 fully saturated rings. The molecule has 0 spiro atoms. The van der Waals surface area contributed by atoms with E-state index in [0.717, 1.165) is 0 Å². The van der Waals surface area contributed by atoms with E-state index in [4.69, 9.17) is 0 Å². The van der Waals surface area contributed by atoms with Gasteiger partial charge in [0.05, 0.1) is 0 Å². The zero-order valence-electron chi connectivity index (χ0n) is 9.73. The van der Waals surface area contributed by atoms with Crippen molar-refractivity contribution in [2.75, 3.05) is 19.6 Å². The fraction of sp³-hybridized carbons (Fsp3) is 1.00. The molecule has 1 aliphatic heterocycles. The van der Waals surface area contributed by atoms with Crippen LogP contribution in [0.15, 0.2) is 0 Å². The Kier molecular flexibility index (Phi) is 7.06. The maximum atomic E-state index is 3.53. The molecule has 1 aliphatic rings. The lowest BCUT2D eigenvalue weighted by Crippen LogP contribution is -2.41. The molecule has 0 bridgehead atoms. The van der Waals surface area contributed by atoms with Crippen LogP contribution < -0.4 is 5.43 Å². The van der Waals surface area contributed by atoms with E-state index in [0.29, 0.717) is 0 Å². The average molecular weight is 198 g/mol. The van der Waals surface area contributed by atoms with Gasteiger partial charge in [0.15, 0.2) is 0 Å². The number of piperidine rings is 1. The van der Waals surface area contributed by atoms with E-state index >= 15 is 0 Å². The number of hydrazine groups is 1. The predicted molar refractivity (Wildman–Crippen MR) is 62.2 cm³/mol. The van der Waals surface area contributed by atoms with Crippen LogP contribution in [-0.2, 0) is 0 Å². The van der Waals surface area contributed by atoms with Gasteiger partial charge in [-0.1, -0.05) is 39.0 Å². The Balaban J connectivity index is 1.82. The zero-order chi connectivity index (χ0) is 10.1. The second-order valence-electron chi connectivity index (χ2n) is 4.37. The van der Waals surface area contributed by atoms with Crippen LogP contribution >= 0.6 is 0 Å². The number of hydrogen-bond donors (Lipinski definition) is 1. The SMILES string of the molecule is CCCCCCCNN1CCCCC1. The first-order chi connectivity index (χ1) is 6.93. The monoisotopic (exact) mass is 198 g/mol. The molecule has 0 aromatic carbocycles. The van der Waals surface area contributed by atoms with Gasteiger partial charge in [0, 0.05) is 19.6 Å². The van der Waals surface area contributed by atoms with E-state index < -0.39 is 0 Å². The molecule has 0 aromatic heterocycles. The van der Waals surface area contributed by atoms with Gasteiger partial charge in [-0.05, 0) is 19.3 Å². The Hall–Kier alpha value is -0.0800. The third kappa shape index (κ3) is 5.61. The third-order valence-electron chi connectivity index (χ3n) is 2.97. The lowest BCUT2D eigenvalue weighted by atomic mass is 10.1. The molecule has 0 radical (unpaired) electrons. The molecule has 1 N–H and O–H groups in total. The molecule has 1 rings (SSSR count). The van der Waals surface area contributed by atoms with Crippen molar-refractivity contribution in [3.8, 4) is 0 Å². The molecular formula is C12H26N2. The van der Waals surface area contributed by atoms with Gasteiger partial charge < -0.3 is 0 Å². The van der Waals surface area contributed by atoms with Crippen molar-refractivity contribution >= 4 is 0 Å². The van der Waals surface area contributed by atoms with Gasteiger partial charge in [0.2, 0.25) is 0 Å². The van der Waals surface area contributed by atoms with Gasteiger partial charge >= 0.3 is 0 Å². The Morgan fingerprint density at radius 2 is 1.64 bits per heavy atom. The van der Waals surface area contributed by atoms with Crippen molar-refractivity contribution in [2.24, 2.45) is 0 Å². The molecule has 2 heteroatoms. The molecule has 1 heterocycles. The van der Waals surface area contributed by atoms with Crippen LogP contribution in [0.3, 0.4) is 0 Å². The maximum absolute atomic E-state index is 3.53. The molecule has 0 atom stereocenters. The summed E-state index contributed by atoms with van der Waals surface area (Å²) in [4.78, 5) is 0. The van der Waals surface area contributed by atoms with E-state index in [9.17, 15) is 0 Å². The minimum atomic E-state index is 1.18. The highest BCUT2D eigenvalue weighted by Crippen LogP contribution is 2.06. The fourth-order valence-corrected chi connectivity index (χ4v) is 2.02. The highest BCUT2D eigenvalue weighted by molar-refractivity contribution is 4.60. The first-order valence-electron chi connectivity index (χ1n) is 6.42. The summed E-state index contributed by atoms with van der Waals surface area (Å²) in [5.41, 5.74) is 3.53. The summed E-state index contributed by atoms with van der Waals surface area (Å²) >= 11 is 0. The maximum Gasteiger partial charge on any atom is 0.0131 e. The summed E-state index contributed by atoms with van der Waals surface area (Å²) in [7, 11) is 0. The molecule has 84 valence electrons. The Morgan fingerprint density at radius 3 is 2.36 bits per heavy atom. The van der Waals surface area contributed by atoms with E-state index in [1.165, 1.54) is 71.0 Å². The third-order valence-corrected chi connectivity index (χ3v) is 2.97. The zero-order valence-corrected chi connectivity index (χ0v) is 9.73. The number of nitrogens with one attached hydrogen (secondary N) is 1. The van der Waals surface area contributed by atoms with E-state index in [1.54, 1.807) is 0 Å². The number of nitrogens with zero attached hydrogens (tertiary/aromatic N) is 1. The summed E-state index contributed by atoms with van der Waals surface area (Å²) < 4.78 is 0. The standard InChI is InChI=1S/C12H26N2/c1-2-3-4-5-7-10-13-14-11-8-6-9-12-14/h13H,2-12H2,1H3. The molecule has 0 aromatic rings. The van der Waals surface area contributed by atoms with Crippen LogP contribution in [0.1, 0.15) is 58.3 Å². The minimum Gasteiger partial charge on any atom is -0.255 e. The minimum absolute atomic E-state index is 1.18. The van der Waals surface area contributed by atoms with E-state index in [-0.39, 0.29) is 0 Å². The van der Waals surface area contributed by atoms with Crippen LogP contribution in [0.5, 0.6) is 0 Å². The van der Waals surface area contributed by atoms with Crippen molar-refractivity contribution in [1.82, 2.24) is 10.4 Å². The predicted octanol–water partition coefficient (Wildman–Crippen LogP) is 2.95. The second-order valence-corrected chi connectivity index (χ2v) is 4.37. The molecule has 0 amide bonds. The van der Waals surface area contributed by atoms with Crippen molar-refractivity contribution < 1.29 is 0 Å². The van der Waals surface area contributed by atoms with Crippen molar-refractivity contribution in [1.29, 1.82) is 0 Å². The van der Waals surface area contributed by atoms with Crippen molar-refractivity contribution in [3.05, 3.63) is 0 Å². The molecule has 0 saturated carbocycles. The Labute approximate surface area is 89.0 Å². The molecule has 0 unspecified atom stereocenters. The fourth-order valence-electron chi connectivity index (χ4n) is 2.02. The quantitative estimate of drug-likeness (QED) is 0.633. The summed E-state index contributed by atoms with van der Waals surface area (Å²) in [6.45, 7) is 5.97. The van der Waals surface area contributed by atoms with Gasteiger partial charge in [-0.25, -0.2) is 5.01 Å². The van der Waals surface area contributed by atoms with Crippen LogP contribution in [-0.4, -0.2) is 24.6 Å². The molecule has 0 aliphatic carbocycles. The second kappa shape index (κ2) is 8.25. The van der Waals surface area contributed by atoms with Crippen LogP contribution in [0, 0.1) is 0 Å². The number of hydrogen-bond acceptors (Lipinski definition) is 2. The highest BCUT2D eigenvalue weighted by Gasteiger charge is 2.07. The van der Waals surface area contributed by atoms with E-state index in [2.05, 4.69) is 17.4 Å². The topological polar surface area (TPSA) is 15.3 Å². The van der Waals surface area contributed by atoms with Crippen LogP contribution in [0.2, 0.25) is 0 Å². The van der Waals surface area contributed by atoms with Crippen molar-refractivity contribution in [3.63, 3.8) is 0 Å². The summed E-state index contributed by atoms with van der Waals surface area (Å²) in [5, 5.41) is 2.41. The average Bonchev–Trinajstić information content (AvgIpc) is 2.25. The van der Waals surface area contributed by atoms with Gasteiger partial charge in [0.1, 0.15) is 0 Å². The molecule has 1 saturated heterocycles. The highest BCUT2D eigenvalue weighted by atomic mass is 15.5. The lowest BCUT2D eigenvalue weighted by Gasteiger charge is -2.27. The number of unbranched alkanes of at least 4 members (excludes halogenated alkanes) is 4. The summed E-state index contributed by atoms with van der Waals surface area (Å²) in [6.07, 6.45) is 11.1. The van der Waals surface area contributed by atoms with Crippen LogP contribution in [0.4, 0.5) is 0 Å². The van der Waals surface area contributed by atoms with Gasteiger partial charge in [0.25, 0.3) is 0 Å². The molecular weight excluding hydrogens is 172 g/mol. The first-order valence-corrected chi connectivity index (χ1v) is 6.42. The molecule has 2 nitrogen and oxygen atoms in total. The van der Waals surface area contributed by atoms with Crippen molar-refractivity contribution in [2.45, 2.75) is 58.3 Å². The largest absolute Gasteiger partial charge is 0.255 e. The summed E-state index contributed by atoms with van der Waals surface area (Å²) in [5.74, 6) is 0. The summed E-state index contributed by atoms with van der Waals surface area (Å²) in [6, 6.07) is 0.